The van der Waals surface area contributed by atoms with Gasteiger partial charge in [0, 0.05) is 37.2 Å². The highest BCUT2D eigenvalue weighted by Crippen LogP contribution is 2.43. The van der Waals surface area contributed by atoms with Crippen molar-refractivity contribution in [2.45, 2.75) is 45.8 Å². The Morgan fingerprint density at radius 3 is 2.50 bits per heavy atom. The summed E-state index contributed by atoms with van der Waals surface area (Å²) in [5.41, 5.74) is 7.58. The SMILES string of the molecule is CC1CC(C)CN(CC2C(N)c3ccccc3OC2(C)C)C1. The zero-order valence-corrected chi connectivity index (χ0v) is 14.4. The molecule has 3 heteroatoms. The van der Waals surface area contributed by atoms with Gasteiger partial charge in [-0.3, -0.25) is 0 Å². The molecule has 0 radical (unpaired) electrons. The van der Waals surface area contributed by atoms with Crippen molar-refractivity contribution >= 4 is 0 Å². The van der Waals surface area contributed by atoms with Crippen LogP contribution in [0.3, 0.4) is 0 Å². The molecule has 1 saturated heterocycles. The molecular formula is C19H30N2O. The third kappa shape index (κ3) is 3.02. The fourth-order valence-electron chi connectivity index (χ4n) is 4.41. The molecule has 0 spiro atoms. The maximum atomic E-state index is 6.65. The molecule has 0 saturated carbocycles. The normalized spacial score (nSPS) is 34.8. The van der Waals surface area contributed by atoms with Crippen molar-refractivity contribution in [2.24, 2.45) is 23.5 Å². The topological polar surface area (TPSA) is 38.5 Å². The van der Waals surface area contributed by atoms with Gasteiger partial charge in [0.1, 0.15) is 11.4 Å². The van der Waals surface area contributed by atoms with Crippen LogP contribution < -0.4 is 10.5 Å². The van der Waals surface area contributed by atoms with E-state index in [2.05, 4.69) is 44.7 Å². The molecule has 2 N–H and O–H groups in total. The average Bonchev–Trinajstić information content (AvgIpc) is 2.42. The van der Waals surface area contributed by atoms with Crippen molar-refractivity contribution < 1.29 is 4.74 Å². The molecule has 1 fully saturated rings. The van der Waals surface area contributed by atoms with Crippen molar-refractivity contribution in [1.29, 1.82) is 0 Å². The summed E-state index contributed by atoms with van der Waals surface area (Å²) in [6.07, 6.45) is 1.34. The highest BCUT2D eigenvalue weighted by Gasteiger charge is 2.43. The average molecular weight is 302 g/mol. The second-order valence-corrected chi connectivity index (χ2v) is 8.04. The highest BCUT2D eigenvalue weighted by atomic mass is 16.5. The van der Waals surface area contributed by atoms with E-state index < -0.39 is 0 Å². The van der Waals surface area contributed by atoms with E-state index in [0.717, 1.165) is 29.7 Å². The highest BCUT2D eigenvalue weighted by molar-refractivity contribution is 5.39. The Labute approximate surface area is 134 Å². The van der Waals surface area contributed by atoms with E-state index in [1.54, 1.807) is 0 Å². The van der Waals surface area contributed by atoms with Crippen LogP contribution in [-0.2, 0) is 0 Å². The molecule has 0 amide bonds. The first-order valence-electron chi connectivity index (χ1n) is 8.62. The Morgan fingerprint density at radius 2 is 1.82 bits per heavy atom. The van der Waals surface area contributed by atoms with Crippen molar-refractivity contribution in [3.63, 3.8) is 0 Å². The van der Waals surface area contributed by atoms with Gasteiger partial charge in [0.15, 0.2) is 0 Å². The number of para-hydroxylation sites is 1. The first kappa shape index (κ1) is 15.8. The van der Waals surface area contributed by atoms with Crippen LogP contribution in [0.25, 0.3) is 0 Å². The number of ether oxygens (including phenoxy) is 1. The Hall–Kier alpha value is -1.06. The number of nitrogens with zero attached hydrogens (tertiary/aromatic N) is 1. The van der Waals surface area contributed by atoms with Crippen molar-refractivity contribution in [1.82, 2.24) is 4.90 Å². The molecule has 3 rings (SSSR count). The van der Waals surface area contributed by atoms with Gasteiger partial charge in [0.25, 0.3) is 0 Å². The third-order valence-corrected chi connectivity index (χ3v) is 5.38. The van der Waals surface area contributed by atoms with E-state index in [1.165, 1.54) is 19.5 Å². The number of rotatable bonds is 2. The summed E-state index contributed by atoms with van der Waals surface area (Å²) in [7, 11) is 0. The van der Waals surface area contributed by atoms with Crippen molar-refractivity contribution in [2.75, 3.05) is 19.6 Å². The lowest BCUT2D eigenvalue weighted by Crippen LogP contribution is -2.53. The lowest BCUT2D eigenvalue weighted by atomic mass is 9.78. The number of hydrogen-bond donors (Lipinski definition) is 1. The summed E-state index contributed by atoms with van der Waals surface area (Å²) in [6.45, 7) is 12.5. The lowest BCUT2D eigenvalue weighted by molar-refractivity contribution is -0.0160. The van der Waals surface area contributed by atoms with Gasteiger partial charge in [-0.25, -0.2) is 0 Å². The Bertz CT molecular complexity index is 518. The van der Waals surface area contributed by atoms with Gasteiger partial charge in [-0.2, -0.15) is 0 Å². The second-order valence-electron chi connectivity index (χ2n) is 8.04. The predicted molar refractivity (Wildman–Crippen MR) is 91.0 cm³/mol. The maximum absolute atomic E-state index is 6.65. The minimum atomic E-state index is -0.225. The molecule has 2 aliphatic rings. The van der Waals surface area contributed by atoms with Crippen molar-refractivity contribution in [3.05, 3.63) is 29.8 Å². The molecule has 3 nitrogen and oxygen atoms in total. The number of nitrogens with two attached hydrogens (primary N) is 1. The predicted octanol–water partition coefficient (Wildman–Crippen LogP) is 3.45. The van der Waals surface area contributed by atoms with E-state index in [4.69, 9.17) is 10.5 Å². The van der Waals surface area contributed by atoms with Gasteiger partial charge in [-0.15, -0.1) is 0 Å². The van der Waals surface area contributed by atoms with Crippen LogP contribution >= 0.6 is 0 Å². The van der Waals surface area contributed by atoms with Crippen LogP contribution in [0.2, 0.25) is 0 Å². The van der Waals surface area contributed by atoms with Gasteiger partial charge in [0.05, 0.1) is 0 Å². The van der Waals surface area contributed by atoms with Gasteiger partial charge in [-0.05, 0) is 38.2 Å². The van der Waals surface area contributed by atoms with E-state index in [1.807, 2.05) is 12.1 Å². The molecule has 1 aromatic rings. The Morgan fingerprint density at radius 1 is 1.18 bits per heavy atom. The Balaban J connectivity index is 1.80. The number of likely N-dealkylation sites (tertiary alicyclic amines) is 1. The van der Waals surface area contributed by atoms with E-state index in [9.17, 15) is 0 Å². The molecule has 1 aromatic carbocycles. The summed E-state index contributed by atoms with van der Waals surface area (Å²) >= 11 is 0. The van der Waals surface area contributed by atoms with Crippen LogP contribution in [0, 0.1) is 17.8 Å². The number of piperidine rings is 1. The molecule has 4 atom stereocenters. The standard InChI is InChI=1S/C19H30N2O/c1-13-9-14(2)11-21(10-13)12-16-18(20)15-7-5-6-8-17(15)22-19(16,3)4/h5-8,13-14,16,18H,9-12,20H2,1-4H3. The van der Waals surface area contributed by atoms with Crippen LogP contribution in [0.15, 0.2) is 24.3 Å². The van der Waals surface area contributed by atoms with E-state index in [0.29, 0.717) is 5.92 Å². The fourth-order valence-corrected chi connectivity index (χ4v) is 4.41. The minimum absolute atomic E-state index is 0.0486. The zero-order valence-electron chi connectivity index (χ0n) is 14.4. The largest absolute Gasteiger partial charge is 0.487 e. The van der Waals surface area contributed by atoms with Gasteiger partial charge in [-0.1, -0.05) is 32.0 Å². The quantitative estimate of drug-likeness (QED) is 0.909. The summed E-state index contributed by atoms with van der Waals surface area (Å²) in [5, 5.41) is 0. The molecule has 0 aliphatic carbocycles. The van der Waals surface area contributed by atoms with Crippen LogP contribution in [-0.4, -0.2) is 30.1 Å². The number of fused-ring (bicyclic) bond motifs is 1. The molecular weight excluding hydrogens is 272 g/mol. The monoisotopic (exact) mass is 302 g/mol. The maximum Gasteiger partial charge on any atom is 0.124 e. The molecule has 0 bridgehead atoms. The first-order valence-corrected chi connectivity index (χ1v) is 8.62. The number of hydrogen-bond acceptors (Lipinski definition) is 3. The van der Waals surface area contributed by atoms with Crippen LogP contribution in [0.5, 0.6) is 5.75 Å². The van der Waals surface area contributed by atoms with Crippen LogP contribution in [0.4, 0.5) is 0 Å². The molecule has 2 heterocycles. The zero-order chi connectivity index (χ0) is 15.9. The van der Waals surface area contributed by atoms with Gasteiger partial charge >= 0.3 is 0 Å². The first-order chi connectivity index (χ1) is 10.4. The van der Waals surface area contributed by atoms with Gasteiger partial charge in [0.2, 0.25) is 0 Å². The van der Waals surface area contributed by atoms with Crippen LogP contribution in [0.1, 0.15) is 45.7 Å². The van der Waals surface area contributed by atoms with Gasteiger partial charge < -0.3 is 15.4 Å². The molecule has 2 aliphatic heterocycles. The van der Waals surface area contributed by atoms with Crippen molar-refractivity contribution in [3.8, 4) is 5.75 Å². The third-order valence-electron chi connectivity index (χ3n) is 5.38. The summed E-state index contributed by atoms with van der Waals surface area (Å²) in [6, 6.07) is 8.29. The van der Waals surface area contributed by atoms with E-state index in [-0.39, 0.29) is 11.6 Å². The fraction of sp³-hybridized carbons (Fsp3) is 0.684. The minimum Gasteiger partial charge on any atom is -0.487 e. The molecule has 122 valence electrons. The summed E-state index contributed by atoms with van der Waals surface area (Å²) in [5.74, 6) is 2.83. The smallest absolute Gasteiger partial charge is 0.124 e. The molecule has 22 heavy (non-hydrogen) atoms. The number of benzene rings is 1. The summed E-state index contributed by atoms with van der Waals surface area (Å²) < 4.78 is 6.29. The molecule has 4 unspecified atom stereocenters. The second kappa shape index (κ2) is 5.86. The molecule has 0 aromatic heterocycles. The Kier molecular flexibility index (Phi) is 4.21. The lowest BCUT2D eigenvalue weighted by Gasteiger charge is -2.47. The van der Waals surface area contributed by atoms with E-state index >= 15 is 0 Å². The summed E-state index contributed by atoms with van der Waals surface area (Å²) in [4.78, 5) is 2.60.